The van der Waals surface area contributed by atoms with Crippen LogP contribution < -0.4 is 0 Å². The third-order valence-corrected chi connectivity index (χ3v) is 6.80. The average Bonchev–Trinajstić information content (AvgIpc) is 3.52. The van der Waals surface area contributed by atoms with Crippen molar-refractivity contribution in [1.29, 1.82) is 0 Å². The van der Waals surface area contributed by atoms with Crippen LogP contribution in [0.25, 0.3) is 0 Å². The number of halogens is 3. The lowest BCUT2D eigenvalue weighted by Crippen LogP contribution is -2.17. The van der Waals surface area contributed by atoms with Gasteiger partial charge in [0.15, 0.2) is 0 Å². The smallest absolute Gasteiger partial charge is 0.337 e. The molecular weight excluding hydrogens is 642 g/mol. The summed E-state index contributed by atoms with van der Waals surface area (Å²) in [7, 11) is 2.18. The molecule has 2 aliphatic rings. The largest absolute Gasteiger partial charge is 0.478 e. The maximum Gasteiger partial charge on any atom is 0.337 e. The molecule has 0 bridgehead atoms. The van der Waals surface area contributed by atoms with Crippen molar-refractivity contribution in [3.8, 4) is 0 Å². The third-order valence-electron chi connectivity index (χ3n) is 5.50. The Bertz CT molecular complexity index is 1180. The average molecular weight is 668 g/mol. The molecule has 1 atom stereocenters. The van der Waals surface area contributed by atoms with Crippen molar-refractivity contribution >= 4 is 59.5 Å². The second-order valence-electron chi connectivity index (χ2n) is 8.10. The molecule has 1 fully saturated rings. The van der Waals surface area contributed by atoms with E-state index in [1.54, 1.807) is 6.20 Å². The number of aliphatic imine (C=N–C) groups is 1. The van der Waals surface area contributed by atoms with Crippen LogP contribution in [0, 0.1) is 0 Å². The van der Waals surface area contributed by atoms with Crippen molar-refractivity contribution in [2.45, 2.75) is 31.7 Å². The van der Waals surface area contributed by atoms with Gasteiger partial charge >= 0.3 is 5.97 Å². The molecule has 0 spiro atoms. The van der Waals surface area contributed by atoms with E-state index in [1.807, 2.05) is 18.6 Å². The van der Waals surface area contributed by atoms with E-state index >= 15 is 0 Å². The van der Waals surface area contributed by atoms with Gasteiger partial charge in [-0.1, -0.05) is 0 Å². The van der Waals surface area contributed by atoms with Gasteiger partial charge in [-0.05, 0) is 111 Å². The van der Waals surface area contributed by atoms with Gasteiger partial charge < -0.3 is 5.11 Å². The highest BCUT2D eigenvalue weighted by Crippen LogP contribution is 2.30. The van der Waals surface area contributed by atoms with Crippen molar-refractivity contribution in [3.63, 3.8) is 0 Å². The van der Waals surface area contributed by atoms with Crippen LogP contribution in [0.2, 0.25) is 0 Å². The number of hydrogen-bond acceptors (Lipinski definition) is 6. The minimum absolute atomic E-state index is 0.189. The van der Waals surface area contributed by atoms with Crippen LogP contribution in [0.15, 0.2) is 73.8 Å². The van der Waals surface area contributed by atoms with Gasteiger partial charge in [-0.15, -0.1) is 0 Å². The van der Waals surface area contributed by atoms with Gasteiger partial charge in [0.1, 0.15) is 0 Å². The van der Waals surface area contributed by atoms with Gasteiger partial charge in [0.25, 0.3) is 0 Å². The molecule has 3 aromatic rings. The summed E-state index contributed by atoms with van der Waals surface area (Å²) in [5.74, 6) is -0.964. The number of hydrogen-bond donors (Lipinski definition) is 1. The first kappa shape index (κ1) is 27.6. The predicted molar refractivity (Wildman–Crippen MR) is 148 cm³/mol. The van der Waals surface area contributed by atoms with Crippen molar-refractivity contribution < 1.29 is 9.90 Å². The number of aromatic nitrogens is 3. The summed E-state index contributed by atoms with van der Waals surface area (Å²) in [6.45, 7) is 2.18. The second kappa shape index (κ2) is 13.9. The number of likely N-dealkylation sites (tertiary alicyclic amines) is 1. The van der Waals surface area contributed by atoms with E-state index in [9.17, 15) is 4.79 Å². The fourth-order valence-electron chi connectivity index (χ4n) is 3.82. The van der Waals surface area contributed by atoms with Gasteiger partial charge in [0, 0.05) is 74.5 Å². The molecule has 7 nitrogen and oxygen atoms in total. The highest BCUT2D eigenvalue weighted by molar-refractivity contribution is 9.11. The molecule has 184 valence electrons. The molecule has 10 heteroatoms. The molecule has 0 saturated carbocycles. The topological polar surface area (TPSA) is 91.6 Å². The maximum absolute atomic E-state index is 10.3. The van der Waals surface area contributed by atoms with Crippen molar-refractivity contribution in [1.82, 2.24) is 19.9 Å². The lowest BCUT2D eigenvalue weighted by atomic mass is 10.1. The fraction of sp³-hybridized carbons (Fsp3) is 0.320. The standard InChI is InChI=1S/C10H13BrN2.C9H9BrN2.C6H4BrNO2/c1-13-4-2-3-10(13)8-5-9(11)7-12-6-8;10-8-4-7(5-11-6-8)9-2-1-3-12-9;7-5-1-4(6(9)10)2-8-3-5/h5-7,10H,2-4H2,1H3;4-6H,1-3H2;1-3H,(H,9,10). The monoisotopic (exact) mass is 665 g/mol. The first-order valence-electron chi connectivity index (χ1n) is 11.1. The van der Waals surface area contributed by atoms with E-state index in [2.05, 4.69) is 91.8 Å². The van der Waals surface area contributed by atoms with E-state index in [0.29, 0.717) is 10.5 Å². The summed E-state index contributed by atoms with van der Waals surface area (Å²) in [6.07, 6.45) is 15.1. The first-order chi connectivity index (χ1) is 16.8. The summed E-state index contributed by atoms with van der Waals surface area (Å²) < 4.78 is 2.77. The van der Waals surface area contributed by atoms with Crippen LogP contribution >= 0.6 is 47.8 Å². The van der Waals surface area contributed by atoms with E-state index < -0.39 is 5.97 Å². The Labute approximate surface area is 230 Å². The van der Waals surface area contributed by atoms with Gasteiger partial charge in [-0.2, -0.15) is 0 Å². The highest BCUT2D eigenvalue weighted by atomic mass is 79.9. The quantitative estimate of drug-likeness (QED) is 0.339. The molecule has 1 unspecified atom stereocenters. The molecule has 35 heavy (non-hydrogen) atoms. The number of carboxylic acid groups (broad SMARTS) is 1. The Morgan fingerprint density at radius 1 is 0.914 bits per heavy atom. The second-order valence-corrected chi connectivity index (χ2v) is 10.8. The van der Waals surface area contributed by atoms with E-state index in [1.165, 1.54) is 55.5 Å². The molecule has 0 aliphatic carbocycles. The van der Waals surface area contributed by atoms with E-state index in [-0.39, 0.29) is 5.56 Å². The molecule has 5 rings (SSSR count). The zero-order valence-corrected chi connectivity index (χ0v) is 24.0. The number of aromatic carboxylic acids is 1. The van der Waals surface area contributed by atoms with Crippen LogP contribution in [0.3, 0.4) is 0 Å². The Hall–Kier alpha value is -2.01. The molecule has 1 N–H and O–H groups in total. The Morgan fingerprint density at radius 2 is 1.57 bits per heavy atom. The Kier molecular flexibility index (Phi) is 11.0. The minimum atomic E-state index is -0.964. The molecule has 2 aliphatic heterocycles. The number of carboxylic acids is 1. The minimum Gasteiger partial charge on any atom is -0.478 e. The number of carbonyl (C=O) groups is 1. The van der Waals surface area contributed by atoms with Crippen LogP contribution in [0.1, 0.15) is 53.2 Å². The molecule has 0 radical (unpaired) electrons. The zero-order valence-electron chi connectivity index (χ0n) is 19.2. The summed E-state index contributed by atoms with van der Waals surface area (Å²) in [5.41, 5.74) is 3.87. The Morgan fingerprint density at radius 3 is 2.09 bits per heavy atom. The van der Waals surface area contributed by atoms with Crippen molar-refractivity contribution in [2.24, 2.45) is 4.99 Å². The molecule has 3 aromatic heterocycles. The third kappa shape index (κ3) is 8.86. The van der Waals surface area contributed by atoms with Crippen LogP contribution in [0.4, 0.5) is 0 Å². The highest BCUT2D eigenvalue weighted by Gasteiger charge is 2.22. The number of rotatable bonds is 3. The Balaban J connectivity index is 0.000000148. The van der Waals surface area contributed by atoms with Crippen LogP contribution in [0.5, 0.6) is 0 Å². The van der Waals surface area contributed by atoms with Crippen molar-refractivity contribution in [2.75, 3.05) is 20.1 Å². The first-order valence-corrected chi connectivity index (χ1v) is 13.5. The SMILES string of the molecule is Brc1cncc(C2=NCCC2)c1.CN1CCCC1c1cncc(Br)c1.O=C(O)c1cncc(Br)c1. The van der Waals surface area contributed by atoms with Gasteiger partial charge in [-0.25, -0.2) is 4.79 Å². The molecule has 5 heterocycles. The molecule has 1 saturated heterocycles. The zero-order chi connectivity index (χ0) is 25.2. The van der Waals surface area contributed by atoms with Crippen LogP contribution in [-0.4, -0.2) is 56.8 Å². The summed E-state index contributed by atoms with van der Waals surface area (Å²) in [4.78, 5) is 29.1. The van der Waals surface area contributed by atoms with Crippen molar-refractivity contribution in [3.05, 3.63) is 85.5 Å². The number of pyridine rings is 3. The van der Waals surface area contributed by atoms with E-state index in [0.717, 1.165) is 27.5 Å². The maximum atomic E-state index is 10.3. The lowest BCUT2D eigenvalue weighted by Gasteiger charge is -2.19. The van der Waals surface area contributed by atoms with E-state index in [4.69, 9.17) is 5.11 Å². The molecular formula is C25H26Br3N5O2. The fourth-order valence-corrected chi connectivity index (χ4v) is 4.93. The van der Waals surface area contributed by atoms with Gasteiger partial charge in [0.2, 0.25) is 0 Å². The normalized spacial score (nSPS) is 17.0. The van der Waals surface area contributed by atoms with Crippen LogP contribution in [-0.2, 0) is 0 Å². The summed E-state index contributed by atoms with van der Waals surface area (Å²) in [6, 6.07) is 6.30. The van der Waals surface area contributed by atoms with Gasteiger partial charge in [-0.3, -0.25) is 24.8 Å². The summed E-state index contributed by atoms with van der Waals surface area (Å²) >= 11 is 9.94. The summed E-state index contributed by atoms with van der Waals surface area (Å²) in [5, 5.41) is 8.45. The van der Waals surface area contributed by atoms with Gasteiger partial charge in [0.05, 0.1) is 5.56 Å². The lowest BCUT2D eigenvalue weighted by molar-refractivity contribution is 0.0696. The number of nitrogens with zero attached hydrogens (tertiary/aromatic N) is 5. The molecule has 0 amide bonds. The molecule has 0 aromatic carbocycles. The predicted octanol–water partition coefficient (Wildman–Crippen LogP) is 6.58.